The molecule has 7 aromatic carbocycles. The van der Waals surface area contributed by atoms with Crippen molar-refractivity contribution in [3.05, 3.63) is 193 Å². The molecule has 4 heterocycles. The van der Waals surface area contributed by atoms with Crippen molar-refractivity contribution in [1.29, 1.82) is 0 Å². The van der Waals surface area contributed by atoms with E-state index in [1.807, 2.05) is 24.3 Å². The first-order valence-corrected chi connectivity index (χ1v) is 19.9. The van der Waals surface area contributed by atoms with Gasteiger partial charge in [0, 0.05) is 55.7 Å². The minimum atomic E-state index is 0.295. The molecule has 0 fully saturated rings. The number of nitrogens with zero attached hydrogens (tertiary/aromatic N) is 4. The lowest BCUT2D eigenvalue weighted by atomic mass is 9.84. The van der Waals surface area contributed by atoms with Gasteiger partial charge in [0.2, 0.25) is 0 Å². The molecular weight excluding hydrogens is 709 g/mol. The molecule has 0 spiro atoms. The summed E-state index contributed by atoms with van der Waals surface area (Å²) in [5, 5.41) is 4.75. The standard InChI is InChI=1S/C53H36N4O/c1-33-28-38(34-12-4-2-5-13-34)31-45-44-30-37(36-22-26-47-43(29-36)41-16-8-10-18-46(41)56(47)39-14-6-3-7-15-39)23-27-48(44)57(52(33)45)40-24-20-35(21-25-40)50-53-51(55-32-54-50)42-17-9-11-19-49(42)58-53/h2-27,29-33H,28H2,1H3. The molecule has 0 saturated carbocycles. The Bertz CT molecular complexity index is 3420. The maximum atomic E-state index is 6.31. The number of benzene rings is 7. The molecular formula is C53H36N4O. The number of fused-ring (bicyclic) bond motifs is 9. The third-order valence-electron chi connectivity index (χ3n) is 12.1. The van der Waals surface area contributed by atoms with Gasteiger partial charge in [-0.05, 0) is 101 Å². The van der Waals surface area contributed by atoms with Gasteiger partial charge in [0.05, 0.1) is 16.6 Å². The van der Waals surface area contributed by atoms with Crippen LogP contribution in [0.1, 0.15) is 36.1 Å². The second-order valence-corrected chi connectivity index (χ2v) is 15.5. The molecule has 1 aliphatic rings. The van der Waals surface area contributed by atoms with Gasteiger partial charge in [-0.3, -0.25) is 0 Å². The van der Waals surface area contributed by atoms with Crippen molar-refractivity contribution < 1.29 is 4.42 Å². The van der Waals surface area contributed by atoms with Gasteiger partial charge in [-0.1, -0.05) is 110 Å². The van der Waals surface area contributed by atoms with Crippen LogP contribution in [0.5, 0.6) is 0 Å². The van der Waals surface area contributed by atoms with Crippen molar-refractivity contribution in [1.82, 2.24) is 19.1 Å². The number of para-hydroxylation sites is 3. The molecule has 12 rings (SSSR count). The zero-order valence-electron chi connectivity index (χ0n) is 31.8. The maximum absolute atomic E-state index is 6.31. The summed E-state index contributed by atoms with van der Waals surface area (Å²) in [5.74, 6) is 0.295. The van der Waals surface area contributed by atoms with Crippen molar-refractivity contribution >= 4 is 66.4 Å². The van der Waals surface area contributed by atoms with Gasteiger partial charge in [-0.2, -0.15) is 0 Å². The van der Waals surface area contributed by atoms with Crippen LogP contribution in [0.4, 0.5) is 0 Å². The largest absolute Gasteiger partial charge is 0.452 e. The Morgan fingerprint density at radius 1 is 0.517 bits per heavy atom. The van der Waals surface area contributed by atoms with Crippen LogP contribution in [0, 0.1) is 0 Å². The SMILES string of the molecule is CC1CC(c2ccccc2)=Cc2c1n(-c1ccc(-c3ncnc4c3oc3ccccc34)cc1)c1ccc(-c3ccc4c(c3)c3ccccc3n4-c3ccccc3)cc21. The molecule has 274 valence electrons. The second-order valence-electron chi connectivity index (χ2n) is 15.5. The molecule has 11 aromatic rings. The lowest BCUT2D eigenvalue weighted by molar-refractivity contribution is 0.667. The number of furan rings is 1. The topological polar surface area (TPSA) is 48.8 Å². The lowest BCUT2D eigenvalue weighted by Crippen LogP contribution is -2.09. The summed E-state index contributed by atoms with van der Waals surface area (Å²) in [6.07, 6.45) is 5.04. The molecule has 5 heteroatoms. The maximum Gasteiger partial charge on any atom is 0.180 e. The molecule has 1 atom stereocenters. The predicted octanol–water partition coefficient (Wildman–Crippen LogP) is 13.8. The molecule has 0 amide bonds. The van der Waals surface area contributed by atoms with E-state index >= 15 is 0 Å². The minimum absolute atomic E-state index is 0.295. The number of aromatic nitrogens is 4. The highest BCUT2D eigenvalue weighted by Crippen LogP contribution is 2.46. The van der Waals surface area contributed by atoms with Gasteiger partial charge >= 0.3 is 0 Å². The zero-order chi connectivity index (χ0) is 38.3. The normalized spacial score (nSPS) is 14.2. The average Bonchev–Trinajstić information content (AvgIpc) is 3.95. The fourth-order valence-electron chi connectivity index (χ4n) is 9.45. The van der Waals surface area contributed by atoms with E-state index in [9.17, 15) is 0 Å². The summed E-state index contributed by atoms with van der Waals surface area (Å²) in [6.45, 7) is 2.37. The van der Waals surface area contributed by atoms with Crippen LogP contribution in [0.15, 0.2) is 181 Å². The first-order valence-electron chi connectivity index (χ1n) is 19.9. The summed E-state index contributed by atoms with van der Waals surface area (Å²) in [7, 11) is 0. The third-order valence-corrected chi connectivity index (χ3v) is 12.1. The number of hydrogen-bond donors (Lipinski definition) is 0. The first kappa shape index (κ1) is 32.7. The fourth-order valence-corrected chi connectivity index (χ4v) is 9.45. The van der Waals surface area contributed by atoms with Crippen molar-refractivity contribution in [3.8, 4) is 33.8 Å². The highest BCUT2D eigenvalue weighted by Gasteiger charge is 2.27. The van der Waals surface area contributed by atoms with E-state index in [4.69, 9.17) is 9.40 Å². The Morgan fingerprint density at radius 3 is 1.93 bits per heavy atom. The summed E-state index contributed by atoms with van der Waals surface area (Å²) in [6, 6.07) is 61.0. The molecule has 1 unspecified atom stereocenters. The lowest BCUT2D eigenvalue weighted by Gasteiger charge is -2.24. The quantitative estimate of drug-likeness (QED) is 0.176. The molecule has 4 aromatic heterocycles. The van der Waals surface area contributed by atoms with Crippen molar-refractivity contribution in [2.45, 2.75) is 19.3 Å². The summed E-state index contributed by atoms with van der Waals surface area (Å²) < 4.78 is 11.2. The van der Waals surface area contributed by atoms with Gasteiger partial charge in [-0.25, -0.2) is 9.97 Å². The second kappa shape index (κ2) is 12.8. The molecule has 1 aliphatic carbocycles. The van der Waals surface area contributed by atoms with E-state index in [0.29, 0.717) is 11.5 Å². The Morgan fingerprint density at radius 2 is 1.14 bits per heavy atom. The van der Waals surface area contributed by atoms with Crippen LogP contribution in [0.2, 0.25) is 0 Å². The molecule has 0 N–H and O–H groups in total. The third kappa shape index (κ3) is 4.96. The number of hydrogen-bond acceptors (Lipinski definition) is 3. The first-order chi connectivity index (χ1) is 28.7. The Hall–Kier alpha value is -7.50. The Labute approximate surface area is 334 Å². The number of rotatable bonds is 5. The van der Waals surface area contributed by atoms with Crippen LogP contribution in [-0.2, 0) is 0 Å². The van der Waals surface area contributed by atoms with Gasteiger partial charge in [-0.15, -0.1) is 0 Å². The van der Waals surface area contributed by atoms with Gasteiger partial charge < -0.3 is 13.6 Å². The Kier molecular flexibility index (Phi) is 7.20. The van der Waals surface area contributed by atoms with Crippen LogP contribution in [-0.4, -0.2) is 19.1 Å². The summed E-state index contributed by atoms with van der Waals surface area (Å²) >= 11 is 0. The molecule has 0 radical (unpaired) electrons. The van der Waals surface area contributed by atoms with Gasteiger partial charge in [0.1, 0.15) is 23.1 Å². The van der Waals surface area contributed by atoms with E-state index in [-0.39, 0.29) is 0 Å². The highest BCUT2D eigenvalue weighted by atomic mass is 16.3. The molecule has 0 saturated heterocycles. The highest BCUT2D eigenvalue weighted by molar-refractivity contribution is 6.11. The van der Waals surface area contributed by atoms with Crippen LogP contribution in [0.3, 0.4) is 0 Å². The monoisotopic (exact) mass is 744 g/mol. The summed E-state index contributed by atoms with van der Waals surface area (Å²) in [4.78, 5) is 9.29. The number of allylic oxidation sites excluding steroid dienone is 1. The molecule has 0 aliphatic heterocycles. The average molecular weight is 745 g/mol. The van der Waals surface area contributed by atoms with Crippen LogP contribution in [0.25, 0.3) is 100 Å². The summed E-state index contributed by atoms with van der Waals surface area (Å²) in [5.41, 5.74) is 17.7. The van der Waals surface area contributed by atoms with E-state index < -0.39 is 0 Å². The van der Waals surface area contributed by atoms with Crippen molar-refractivity contribution in [2.24, 2.45) is 0 Å². The van der Waals surface area contributed by atoms with Crippen LogP contribution >= 0.6 is 0 Å². The molecule has 58 heavy (non-hydrogen) atoms. The minimum Gasteiger partial charge on any atom is -0.452 e. The predicted molar refractivity (Wildman–Crippen MR) is 239 cm³/mol. The van der Waals surface area contributed by atoms with Gasteiger partial charge in [0.25, 0.3) is 0 Å². The molecule has 5 nitrogen and oxygen atoms in total. The molecule has 0 bridgehead atoms. The van der Waals surface area contributed by atoms with E-state index in [2.05, 4.69) is 173 Å². The van der Waals surface area contributed by atoms with Crippen LogP contribution < -0.4 is 0 Å². The zero-order valence-corrected chi connectivity index (χ0v) is 31.8. The van der Waals surface area contributed by atoms with E-state index in [0.717, 1.165) is 39.9 Å². The van der Waals surface area contributed by atoms with E-state index in [1.54, 1.807) is 6.33 Å². The van der Waals surface area contributed by atoms with Crippen molar-refractivity contribution in [2.75, 3.05) is 0 Å². The smallest absolute Gasteiger partial charge is 0.180 e. The fraction of sp³-hybridized carbons (Fsp3) is 0.0566. The Balaban J connectivity index is 1.03. The van der Waals surface area contributed by atoms with E-state index in [1.165, 1.54) is 71.9 Å². The van der Waals surface area contributed by atoms with Gasteiger partial charge in [0.15, 0.2) is 5.58 Å². The van der Waals surface area contributed by atoms with Crippen molar-refractivity contribution in [3.63, 3.8) is 0 Å².